The summed E-state index contributed by atoms with van der Waals surface area (Å²) in [6, 6.07) is 63.0. The smallest absolute Gasteiger partial charge is 0.145 e. The van der Waals surface area contributed by atoms with Crippen LogP contribution >= 0.6 is 0 Å². The molecule has 0 spiro atoms. The lowest BCUT2D eigenvalue weighted by molar-refractivity contribution is 1.18. The van der Waals surface area contributed by atoms with Gasteiger partial charge in [0.05, 0.1) is 27.8 Å². The molecule has 10 aromatic rings. The minimum atomic E-state index is 0.934. The summed E-state index contributed by atoms with van der Waals surface area (Å²) in [4.78, 5) is 5.49. The van der Waals surface area contributed by atoms with Crippen molar-refractivity contribution in [3.63, 3.8) is 0 Å². The molecular formula is C45H29N3. The average Bonchev–Trinajstić information content (AvgIpc) is 3.73. The van der Waals surface area contributed by atoms with Crippen LogP contribution in [0.5, 0.6) is 0 Å². The lowest BCUT2D eigenvalue weighted by Crippen LogP contribution is -1.98. The Morgan fingerprint density at radius 3 is 1.71 bits per heavy atom. The molecule has 0 bridgehead atoms. The van der Waals surface area contributed by atoms with E-state index in [-0.39, 0.29) is 0 Å². The number of para-hydroxylation sites is 2. The molecule has 3 heteroatoms. The Morgan fingerprint density at radius 2 is 0.979 bits per heavy atom. The van der Waals surface area contributed by atoms with Gasteiger partial charge in [0.25, 0.3) is 0 Å². The molecule has 7 aromatic carbocycles. The highest BCUT2D eigenvalue weighted by Crippen LogP contribution is 2.44. The number of nitrogens with zero attached hydrogens (tertiary/aromatic N) is 3. The Balaban J connectivity index is 1.49. The van der Waals surface area contributed by atoms with Crippen LogP contribution in [0, 0.1) is 0 Å². The van der Waals surface area contributed by atoms with Crippen molar-refractivity contribution in [2.24, 2.45) is 0 Å². The van der Waals surface area contributed by atoms with Crippen LogP contribution in [0.2, 0.25) is 0 Å². The molecule has 0 radical (unpaired) electrons. The predicted octanol–water partition coefficient (Wildman–Crippen LogP) is 11.7. The summed E-state index contributed by atoms with van der Waals surface area (Å²) >= 11 is 0. The highest BCUT2D eigenvalue weighted by Gasteiger charge is 2.24. The highest BCUT2D eigenvalue weighted by atomic mass is 15.0. The van der Waals surface area contributed by atoms with E-state index in [9.17, 15) is 0 Å². The molecule has 0 atom stereocenters. The van der Waals surface area contributed by atoms with Gasteiger partial charge < -0.3 is 4.57 Å². The van der Waals surface area contributed by atoms with Crippen molar-refractivity contribution in [3.05, 3.63) is 176 Å². The normalized spacial score (nSPS) is 11.8. The van der Waals surface area contributed by atoms with E-state index < -0.39 is 0 Å². The van der Waals surface area contributed by atoms with E-state index in [4.69, 9.17) is 4.98 Å². The van der Waals surface area contributed by atoms with Crippen molar-refractivity contribution in [3.8, 4) is 39.5 Å². The molecule has 0 aliphatic rings. The average molecular weight is 612 g/mol. The molecule has 0 aliphatic carbocycles. The van der Waals surface area contributed by atoms with Gasteiger partial charge in [-0.2, -0.15) is 0 Å². The largest absolute Gasteiger partial charge is 0.309 e. The van der Waals surface area contributed by atoms with E-state index in [1.54, 1.807) is 0 Å². The lowest BCUT2D eigenvalue weighted by atomic mass is 9.96. The molecule has 224 valence electrons. The van der Waals surface area contributed by atoms with Crippen molar-refractivity contribution in [1.29, 1.82) is 0 Å². The number of hydrogen-bond donors (Lipinski definition) is 0. The molecule has 0 aliphatic heterocycles. The number of fused-ring (bicyclic) bond motifs is 10. The monoisotopic (exact) mass is 611 g/mol. The van der Waals surface area contributed by atoms with Gasteiger partial charge in [0, 0.05) is 38.4 Å². The summed E-state index contributed by atoms with van der Waals surface area (Å²) in [7, 11) is 0. The minimum Gasteiger partial charge on any atom is -0.309 e. The summed E-state index contributed by atoms with van der Waals surface area (Å²) in [5, 5.41) is 6.07. The SMILES string of the molecule is c1ccc(-c2ccc3c(c2)c2c(-c4ccccc4)nc(-c4ccccc4)n2c2ccc4c5ccccc5n(-c5ccccc5)c4c32)cc1. The molecule has 3 nitrogen and oxygen atoms in total. The van der Waals surface area contributed by atoms with Crippen LogP contribution in [-0.4, -0.2) is 14.0 Å². The van der Waals surface area contributed by atoms with E-state index in [0.717, 1.165) is 39.4 Å². The molecule has 3 heterocycles. The molecule has 0 saturated carbocycles. The summed E-state index contributed by atoms with van der Waals surface area (Å²) in [5.74, 6) is 0.934. The van der Waals surface area contributed by atoms with Crippen LogP contribution in [0.15, 0.2) is 176 Å². The van der Waals surface area contributed by atoms with Crippen LogP contribution in [0.25, 0.3) is 88.5 Å². The number of aromatic nitrogens is 3. The third kappa shape index (κ3) is 3.91. The Labute approximate surface area is 277 Å². The third-order valence-corrected chi connectivity index (χ3v) is 9.68. The first-order chi connectivity index (χ1) is 23.8. The van der Waals surface area contributed by atoms with Crippen LogP contribution in [0.3, 0.4) is 0 Å². The summed E-state index contributed by atoms with van der Waals surface area (Å²) in [5.41, 5.74) is 11.3. The van der Waals surface area contributed by atoms with Crippen molar-refractivity contribution in [2.45, 2.75) is 0 Å². The maximum atomic E-state index is 5.49. The van der Waals surface area contributed by atoms with E-state index in [2.05, 4.69) is 185 Å². The van der Waals surface area contributed by atoms with Crippen LogP contribution in [-0.2, 0) is 0 Å². The molecule has 0 amide bonds. The van der Waals surface area contributed by atoms with Crippen molar-refractivity contribution in [2.75, 3.05) is 0 Å². The Kier molecular flexibility index (Phi) is 5.87. The van der Waals surface area contributed by atoms with Gasteiger partial charge in [-0.3, -0.25) is 4.40 Å². The maximum Gasteiger partial charge on any atom is 0.145 e. The standard InChI is InChI=1S/C45H29N3/c1-5-15-30(16-6-1)33-25-26-36-38(29-33)44-42(31-17-7-2-8-18-31)46-45(32-19-9-3-10-20-32)48(44)40-28-27-37-35-23-13-14-24-39(35)47(43(37)41(36)40)34-21-11-4-12-22-34/h1-29H. The lowest BCUT2D eigenvalue weighted by Gasteiger charge is -2.16. The Hall–Kier alpha value is -6.45. The van der Waals surface area contributed by atoms with Crippen LogP contribution in [0.1, 0.15) is 0 Å². The van der Waals surface area contributed by atoms with Gasteiger partial charge >= 0.3 is 0 Å². The zero-order chi connectivity index (χ0) is 31.6. The molecule has 3 aromatic heterocycles. The first-order valence-electron chi connectivity index (χ1n) is 16.4. The van der Waals surface area contributed by atoms with Crippen LogP contribution in [0.4, 0.5) is 0 Å². The summed E-state index contributed by atoms with van der Waals surface area (Å²) in [6.07, 6.45) is 0. The second-order valence-corrected chi connectivity index (χ2v) is 12.4. The molecule has 0 saturated heterocycles. The van der Waals surface area contributed by atoms with Gasteiger partial charge in [-0.05, 0) is 46.8 Å². The van der Waals surface area contributed by atoms with Gasteiger partial charge in [-0.25, -0.2) is 4.98 Å². The highest BCUT2D eigenvalue weighted by molar-refractivity contribution is 6.28. The Morgan fingerprint density at radius 1 is 0.375 bits per heavy atom. The number of pyridine rings is 1. The number of benzene rings is 7. The van der Waals surface area contributed by atoms with E-state index in [1.165, 1.54) is 49.1 Å². The zero-order valence-electron chi connectivity index (χ0n) is 26.1. The van der Waals surface area contributed by atoms with E-state index >= 15 is 0 Å². The number of imidazole rings is 1. The molecule has 10 rings (SSSR count). The second kappa shape index (κ2) is 10.5. The van der Waals surface area contributed by atoms with E-state index in [0.29, 0.717) is 0 Å². The van der Waals surface area contributed by atoms with E-state index in [1.807, 2.05) is 0 Å². The predicted molar refractivity (Wildman–Crippen MR) is 201 cm³/mol. The Bertz CT molecular complexity index is 2800. The molecule has 0 N–H and O–H groups in total. The number of rotatable bonds is 4. The first kappa shape index (κ1) is 26.7. The van der Waals surface area contributed by atoms with Crippen molar-refractivity contribution in [1.82, 2.24) is 14.0 Å². The summed E-state index contributed by atoms with van der Waals surface area (Å²) in [6.45, 7) is 0. The summed E-state index contributed by atoms with van der Waals surface area (Å²) < 4.78 is 4.86. The van der Waals surface area contributed by atoms with Crippen molar-refractivity contribution >= 4 is 49.0 Å². The fourth-order valence-corrected chi connectivity index (χ4v) is 7.59. The molecular weight excluding hydrogens is 583 g/mol. The van der Waals surface area contributed by atoms with Gasteiger partial charge in [0.15, 0.2) is 0 Å². The quantitative estimate of drug-likeness (QED) is 0.182. The van der Waals surface area contributed by atoms with Gasteiger partial charge in [0.2, 0.25) is 0 Å². The van der Waals surface area contributed by atoms with Crippen molar-refractivity contribution < 1.29 is 0 Å². The minimum absolute atomic E-state index is 0.934. The second-order valence-electron chi connectivity index (χ2n) is 12.4. The van der Waals surface area contributed by atoms with Gasteiger partial charge in [0.1, 0.15) is 5.82 Å². The number of hydrogen-bond acceptors (Lipinski definition) is 1. The third-order valence-electron chi connectivity index (χ3n) is 9.68. The molecule has 0 unspecified atom stereocenters. The van der Waals surface area contributed by atoms with Gasteiger partial charge in [-0.15, -0.1) is 0 Å². The molecule has 48 heavy (non-hydrogen) atoms. The topological polar surface area (TPSA) is 22.2 Å². The first-order valence-corrected chi connectivity index (χ1v) is 16.4. The van der Waals surface area contributed by atoms with Crippen LogP contribution < -0.4 is 0 Å². The molecule has 0 fully saturated rings. The maximum absolute atomic E-state index is 5.49. The zero-order valence-corrected chi connectivity index (χ0v) is 26.1. The van der Waals surface area contributed by atoms with Gasteiger partial charge in [-0.1, -0.05) is 146 Å². The fraction of sp³-hybridized carbons (Fsp3) is 0. The fourth-order valence-electron chi connectivity index (χ4n) is 7.59.